The summed E-state index contributed by atoms with van der Waals surface area (Å²) in [6, 6.07) is 52.9. The van der Waals surface area contributed by atoms with Crippen LogP contribution in [-0.2, 0) is 21.7 Å². The van der Waals surface area contributed by atoms with Gasteiger partial charge in [-0.1, -0.05) is 132 Å². The Balaban J connectivity index is 1.24. The van der Waals surface area contributed by atoms with E-state index in [4.69, 9.17) is 18.9 Å². The Morgan fingerprint density at radius 1 is 0.273 bits per heavy atom. The number of benzene rings is 11. The third-order valence-corrected chi connectivity index (χ3v) is 18.3. The quantitative estimate of drug-likeness (QED) is 0.0576. The number of carbonyl (C=O) groups is 4. The molecule has 0 saturated heterocycles. The monoisotopic (exact) mass is 1390 g/mol. The Hall–Kier alpha value is -8.34. The summed E-state index contributed by atoms with van der Waals surface area (Å²) in [5.41, 5.74) is 5.15. The second-order valence-electron chi connectivity index (χ2n) is 27.0. The SMILES string of the molecule is CC(C)(C)c1ccc(Oc2cc3c4c(cc(Oc5ccc(C(C)(C)C)cc5)c5c6c(Oc7ccc(C(C)(C)C)cc7)cc7c8c(cc(Oc9ccc(C(C)(C)C)cc9)c(c2c45)c86)C(=O)N(c2ccc(I)cc2)C7=O)C(=O)N(c2ccc(I)cc2)C3=O)cc1. The van der Waals surface area contributed by atoms with E-state index in [0.717, 1.165) is 29.4 Å². The Morgan fingerprint density at radius 3 is 0.670 bits per heavy atom. The van der Waals surface area contributed by atoms with E-state index in [0.29, 0.717) is 77.5 Å². The van der Waals surface area contributed by atoms with Crippen molar-refractivity contribution in [2.75, 3.05) is 9.80 Å². The van der Waals surface area contributed by atoms with Gasteiger partial charge in [-0.15, -0.1) is 0 Å². The van der Waals surface area contributed by atoms with Gasteiger partial charge in [0, 0.05) is 50.2 Å². The maximum Gasteiger partial charge on any atom is 0.266 e. The molecule has 0 unspecified atom stereocenters. The third-order valence-electron chi connectivity index (χ3n) is 16.9. The predicted octanol–water partition coefficient (Wildman–Crippen LogP) is 20.9. The lowest BCUT2D eigenvalue weighted by atomic mass is 9.80. The molecule has 0 atom stereocenters. The zero-order valence-corrected chi connectivity index (χ0v) is 55.4. The van der Waals surface area contributed by atoms with Crippen LogP contribution in [0.3, 0.4) is 0 Å². The first-order valence-corrected chi connectivity index (χ1v) is 31.6. The zero-order valence-electron chi connectivity index (χ0n) is 51.1. The lowest BCUT2D eigenvalue weighted by Gasteiger charge is -2.32. The van der Waals surface area contributed by atoms with Gasteiger partial charge in [-0.2, -0.15) is 0 Å². The van der Waals surface area contributed by atoms with Gasteiger partial charge in [0.2, 0.25) is 0 Å². The molecule has 11 aromatic rings. The summed E-state index contributed by atoms with van der Waals surface area (Å²) in [5.74, 6) is 0.558. The summed E-state index contributed by atoms with van der Waals surface area (Å²) in [7, 11) is 0. The van der Waals surface area contributed by atoms with Crippen molar-refractivity contribution >= 4 is 123 Å². The van der Waals surface area contributed by atoms with E-state index in [1.165, 1.54) is 9.80 Å². The highest BCUT2D eigenvalue weighted by Crippen LogP contribution is 2.58. The van der Waals surface area contributed by atoms with Gasteiger partial charge in [-0.05, 0) is 210 Å². The van der Waals surface area contributed by atoms with Crippen LogP contribution in [0, 0.1) is 7.14 Å². The number of nitrogens with zero attached hydrogens (tertiary/aromatic N) is 2. The highest BCUT2D eigenvalue weighted by atomic mass is 127. The van der Waals surface area contributed by atoms with Gasteiger partial charge in [0.15, 0.2) is 0 Å². The van der Waals surface area contributed by atoms with Crippen molar-refractivity contribution < 1.29 is 38.1 Å². The minimum Gasteiger partial charge on any atom is -0.457 e. The van der Waals surface area contributed by atoms with Crippen LogP contribution in [0.1, 0.15) is 147 Å². The second kappa shape index (κ2) is 21.2. The fourth-order valence-corrected chi connectivity index (χ4v) is 12.8. The maximum atomic E-state index is 15.8. The summed E-state index contributed by atoms with van der Waals surface area (Å²) < 4.78 is 31.0. The Bertz CT molecular complexity index is 4150. The highest BCUT2D eigenvalue weighted by Gasteiger charge is 2.42. The second-order valence-corrected chi connectivity index (χ2v) is 29.5. The average Bonchev–Trinajstić information content (AvgIpc) is 0.690. The standard InChI is InChI=1S/C76H64I2N2O8/c1-73(2,3)41-13-29-49(30-14-41)85-57-37-53-61-54(70(82)79(69(53)81)47-25-21-45(77)22-26-47)39-59(87-51-33-17-43(18-34-51)75(7,8)9)65-66-60(88-52-35-19-44(20-36-52)76(10,11)12)40-56-62-55(71(83)80(72(56)84)48-27-23-46(78)24-28-48)38-58(64(68(62)66)63(57)67(61)65)86-50-31-15-42(16-32-50)74(4,5)6/h13-40H,1-12H3. The minimum absolute atomic E-state index is 0.181. The molecule has 0 spiro atoms. The van der Waals surface area contributed by atoms with Gasteiger partial charge in [0.25, 0.3) is 23.6 Å². The van der Waals surface area contributed by atoms with E-state index >= 15 is 19.2 Å². The normalized spacial score (nSPS) is 13.8. The van der Waals surface area contributed by atoms with Crippen LogP contribution in [0.2, 0.25) is 0 Å². The van der Waals surface area contributed by atoms with Gasteiger partial charge in [0.1, 0.15) is 46.0 Å². The van der Waals surface area contributed by atoms with Crippen LogP contribution in [0.25, 0.3) is 43.1 Å². The molecule has 0 bridgehead atoms. The number of halogens is 2. The number of hydrogen-bond donors (Lipinski definition) is 0. The van der Waals surface area contributed by atoms with Gasteiger partial charge in [-0.3, -0.25) is 19.2 Å². The summed E-state index contributed by atoms with van der Waals surface area (Å²) >= 11 is 4.41. The molecule has 2 aliphatic rings. The van der Waals surface area contributed by atoms with E-state index in [2.05, 4.69) is 128 Å². The molecule has 2 aliphatic heterocycles. The molecular weight excluding hydrogens is 1320 g/mol. The molecule has 11 aromatic carbocycles. The predicted molar refractivity (Wildman–Crippen MR) is 369 cm³/mol. The van der Waals surface area contributed by atoms with E-state index in [1.54, 1.807) is 48.5 Å². The first kappa shape index (κ1) is 58.7. The van der Waals surface area contributed by atoms with Crippen molar-refractivity contribution in [2.24, 2.45) is 0 Å². The molecule has 88 heavy (non-hydrogen) atoms. The molecule has 0 aliphatic carbocycles. The molecule has 0 N–H and O–H groups in total. The molecule has 2 heterocycles. The Labute approximate surface area is 539 Å². The number of hydrogen-bond acceptors (Lipinski definition) is 8. The number of imide groups is 2. The van der Waals surface area contributed by atoms with E-state index in [9.17, 15) is 0 Å². The smallest absolute Gasteiger partial charge is 0.266 e. The van der Waals surface area contributed by atoms with Crippen molar-refractivity contribution in [3.63, 3.8) is 0 Å². The summed E-state index contributed by atoms with van der Waals surface area (Å²) in [6.07, 6.45) is 0. The van der Waals surface area contributed by atoms with Gasteiger partial charge in [-0.25, -0.2) is 9.80 Å². The fourth-order valence-electron chi connectivity index (χ4n) is 12.1. The summed E-state index contributed by atoms with van der Waals surface area (Å²) in [4.78, 5) is 65.6. The highest BCUT2D eigenvalue weighted by molar-refractivity contribution is 14.1. The van der Waals surface area contributed by atoms with Crippen molar-refractivity contribution in [1.29, 1.82) is 0 Å². The molecule has 12 heteroatoms. The zero-order chi connectivity index (χ0) is 62.3. The van der Waals surface area contributed by atoms with Crippen LogP contribution < -0.4 is 28.7 Å². The lowest BCUT2D eigenvalue weighted by molar-refractivity contribution is 0.0877. The number of carbonyl (C=O) groups excluding carboxylic acids is 4. The van der Waals surface area contributed by atoms with Gasteiger partial charge < -0.3 is 18.9 Å². The average molecular weight is 1390 g/mol. The Kier molecular flexibility index (Phi) is 14.1. The van der Waals surface area contributed by atoms with E-state index in [-0.39, 0.29) is 66.9 Å². The number of ether oxygens (including phenoxy) is 4. The fraction of sp³-hybridized carbons (Fsp3) is 0.211. The number of rotatable bonds is 10. The van der Waals surface area contributed by atoms with Gasteiger partial charge >= 0.3 is 0 Å². The molecule has 0 radical (unpaired) electrons. The summed E-state index contributed by atoms with van der Waals surface area (Å²) in [5, 5.41) is 3.32. The van der Waals surface area contributed by atoms with Crippen LogP contribution in [-0.4, -0.2) is 23.6 Å². The first-order valence-electron chi connectivity index (χ1n) is 29.4. The molecular formula is C76H64I2N2O8. The van der Waals surface area contributed by atoms with E-state index in [1.807, 2.05) is 121 Å². The van der Waals surface area contributed by atoms with Gasteiger partial charge in [0.05, 0.1) is 33.6 Å². The van der Waals surface area contributed by atoms with Crippen LogP contribution >= 0.6 is 45.2 Å². The molecule has 0 fully saturated rings. The molecule has 10 nitrogen and oxygen atoms in total. The molecule has 4 amide bonds. The summed E-state index contributed by atoms with van der Waals surface area (Å²) in [6.45, 7) is 25.7. The van der Waals surface area contributed by atoms with Crippen LogP contribution in [0.4, 0.5) is 11.4 Å². The maximum absolute atomic E-state index is 15.8. The Morgan fingerprint density at radius 2 is 0.477 bits per heavy atom. The first-order chi connectivity index (χ1) is 41.6. The molecule has 0 saturated carbocycles. The third kappa shape index (κ3) is 10.2. The number of anilines is 2. The molecule has 13 rings (SSSR count). The van der Waals surface area contributed by atoms with Crippen molar-refractivity contribution in [3.05, 3.63) is 222 Å². The van der Waals surface area contributed by atoms with Crippen LogP contribution in [0.5, 0.6) is 46.0 Å². The largest absolute Gasteiger partial charge is 0.457 e. The number of fused-ring (bicyclic) bond motifs is 2. The van der Waals surface area contributed by atoms with Crippen molar-refractivity contribution in [3.8, 4) is 46.0 Å². The molecule has 440 valence electrons. The lowest BCUT2D eigenvalue weighted by Crippen LogP contribution is -2.40. The van der Waals surface area contributed by atoms with Crippen molar-refractivity contribution in [1.82, 2.24) is 0 Å². The number of amides is 4. The molecule has 0 aromatic heterocycles. The van der Waals surface area contributed by atoms with E-state index < -0.39 is 23.6 Å². The minimum atomic E-state index is -0.565. The van der Waals surface area contributed by atoms with Crippen molar-refractivity contribution in [2.45, 2.75) is 105 Å². The van der Waals surface area contributed by atoms with Crippen LogP contribution in [0.15, 0.2) is 170 Å². The topological polar surface area (TPSA) is 112 Å².